The smallest absolute Gasteiger partial charge is 0.408 e. The van der Waals surface area contributed by atoms with Gasteiger partial charge in [-0.1, -0.05) is 38.8 Å². The number of hydrogen-bond donors (Lipinski definition) is 2. The van der Waals surface area contributed by atoms with E-state index in [1.165, 1.54) is 0 Å². The highest BCUT2D eigenvalue weighted by Gasteiger charge is 2.51. The lowest BCUT2D eigenvalue weighted by atomic mass is 9.93. The van der Waals surface area contributed by atoms with Gasteiger partial charge >= 0.3 is 12.2 Å². The number of fused-ring (bicyclic) bond motifs is 2. The second-order valence-corrected chi connectivity index (χ2v) is 6.39. The number of ether oxygens (including phenoxy) is 2. The lowest BCUT2D eigenvalue weighted by molar-refractivity contribution is 0.100. The van der Waals surface area contributed by atoms with Gasteiger partial charge in [0.2, 0.25) is 0 Å². The molecule has 1 saturated carbocycles. The molecule has 0 spiro atoms. The Bertz CT molecular complexity index is 426. The van der Waals surface area contributed by atoms with Crippen LogP contribution in [0, 0.1) is 11.8 Å². The molecule has 6 heteroatoms. The van der Waals surface area contributed by atoms with Gasteiger partial charge in [0.15, 0.2) is 0 Å². The van der Waals surface area contributed by atoms with Crippen molar-refractivity contribution in [2.45, 2.75) is 58.0 Å². The maximum absolute atomic E-state index is 12.0. The second-order valence-electron chi connectivity index (χ2n) is 6.39. The molecule has 2 bridgehead atoms. The molecule has 2 aliphatic carbocycles. The molecular formula is C17H28N2O4. The minimum atomic E-state index is -0.786. The van der Waals surface area contributed by atoms with Gasteiger partial charge in [0.25, 0.3) is 0 Å². The first-order valence-electron chi connectivity index (χ1n) is 8.68. The topological polar surface area (TPSA) is 76.7 Å². The molecule has 0 aromatic heterocycles. The summed E-state index contributed by atoms with van der Waals surface area (Å²) in [5.41, 5.74) is -0.786. The van der Waals surface area contributed by atoms with E-state index in [9.17, 15) is 9.59 Å². The Labute approximate surface area is 138 Å². The summed E-state index contributed by atoms with van der Waals surface area (Å²) < 4.78 is 10.4. The summed E-state index contributed by atoms with van der Waals surface area (Å²) in [7, 11) is 0. The van der Waals surface area contributed by atoms with Crippen molar-refractivity contribution in [3.63, 3.8) is 0 Å². The number of carbonyl (C=O) groups is 2. The van der Waals surface area contributed by atoms with Crippen LogP contribution in [-0.4, -0.2) is 31.1 Å². The average Bonchev–Trinajstić information content (AvgIpc) is 3.08. The highest BCUT2D eigenvalue weighted by atomic mass is 16.6. The summed E-state index contributed by atoms with van der Waals surface area (Å²) in [6.45, 7) is 4.86. The van der Waals surface area contributed by atoms with Crippen molar-refractivity contribution in [3.05, 3.63) is 12.2 Å². The molecule has 2 aliphatic rings. The summed E-state index contributed by atoms with van der Waals surface area (Å²) in [6.07, 6.45) is 8.47. The van der Waals surface area contributed by atoms with E-state index in [0.29, 0.717) is 25.6 Å². The van der Waals surface area contributed by atoms with Crippen molar-refractivity contribution in [2.75, 3.05) is 13.2 Å². The zero-order valence-corrected chi connectivity index (χ0v) is 14.1. The van der Waals surface area contributed by atoms with Crippen LogP contribution in [0.15, 0.2) is 12.2 Å². The number of amides is 2. The molecule has 1 fully saturated rings. The van der Waals surface area contributed by atoms with Crippen LogP contribution in [0.4, 0.5) is 9.59 Å². The summed E-state index contributed by atoms with van der Waals surface area (Å²) in [4.78, 5) is 24.1. The van der Waals surface area contributed by atoms with Gasteiger partial charge in [-0.2, -0.15) is 0 Å². The maximum atomic E-state index is 12.0. The molecule has 2 rings (SSSR count). The molecule has 2 unspecified atom stereocenters. The summed E-state index contributed by atoms with van der Waals surface area (Å²) in [6, 6.07) is 0. The zero-order valence-electron chi connectivity index (χ0n) is 14.1. The molecule has 130 valence electrons. The van der Waals surface area contributed by atoms with E-state index in [1.54, 1.807) is 0 Å². The maximum Gasteiger partial charge on any atom is 0.408 e. The largest absolute Gasteiger partial charge is 0.450 e. The first-order chi connectivity index (χ1) is 11.1. The second kappa shape index (κ2) is 8.22. The number of hydrogen-bond acceptors (Lipinski definition) is 4. The molecule has 0 aromatic carbocycles. The van der Waals surface area contributed by atoms with Crippen molar-refractivity contribution in [1.82, 2.24) is 10.6 Å². The molecule has 0 radical (unpaired) electrons. The van der Waals surface area contributed by atoms with Crippen molar-refractivity contribution >= 4 is 12.2 Å². The van der Waals surface area contributed by atoms with Gasteiger partial charge < -0.3 is 9.47 Å². The van der Waals surface area contributed by atoms with Crippen LogP contribution >= 0.6 is 0 Å². The molecule has 2 amide bonds. The average molecular weight is 324 g/mol. The van der Waals surface area contributed by atoms with E-state index in [0.717, 1.165) is 32.1 Å². The molecule has 23 heavy (non-hydrogen) atoms. The SMILES string of the molecule is CCCCOC(=O)NC1(NC(=O)OCCCC)CC2C=CC1C2. The predicted octanol–water partition coefficient (Wildman–Crippen LogP) is 3.33. The van der Waals surface area contributed by atoms with E-state index < -0.39 is 17.8 Å². The highest BCUT2D eigenvalue weighted by Crippen LogP contribution is 2.44. The first kappa shape index (κ1) is 17.6. The number of alkyl carbamates (subject to hydrolysis) is 2. The molecule has 0 saturated heterocycles. The van der Waals surface area contributed by atoms with Gasteiger partial charge in [-0.15, -0.1) is 0 Å². The van der Waals surface area contributed by atoms with Crippen LogP contribution in [0.2, 0.25) is 0 Å². The first-order valence-corrected chi connectivity index (χ1v) is 8.68. The number of allylic oxidation sites excluding steroid dienone is 1. The molecular weight excluding hydrogens is 296 g/mol. The Morgan fingerprint density at radius 2 is 1.61 bits per heavy atom. The Morgan fingerprint density at radius 3 is 2.00 bits per heavy atom. The van der Waals surface area contributed by atoms with Gasteiger partial charge in [0, 0.05) is 5.92 Å². The normalized spacial score (nSPS) is 23.6. The molecule has 0 aliphatic heterocycles. The van der Waals surface area contributed by atoms with E-state index in [2.05, 4.69) is 22.8 Å². The molecule has 2 N–H and O–H groups in total. The van der Waals surface area contributed by atoms with E-state index in [1.807, 2.05) is 13.8 Å². The van der Waals surface area contributed by atoms with Gasteiger partial charge in [-0.05, 0) is 31.6 Å². The number of unbranched alkanes of at least 4 members (excludes halogenated alkanes) is 2. The van der Waals surface area contributed by atoms with Gasteiger partial charge in [-0.3, -0.25) is 10.6 Å². The third-order valence-electron chi connectivity index (χ3n) is 4.50. The fourth-order valence-corrected chi connectivity index (χ4v) is 3.23. The number of carbonyl (C=O) groups excluding carboxylic acids is 2. The van der Waals surface area contributed by atoms with Crippen LogP contribution in [0.5, 0.6) is 0 Å². The molecule has 0 heterocycles. The van der Waals surface area contributed by atoms with Gasteiger partial charge in [-0.25, -0.2) is 9.59 Å². The van der Waals surface area contributed by atoms with E-state index in [-0.39, 0.29) is 5.92 Å². The van der Waals surface area contributed by atoms with Crippen molar-refractivity contribution < 1.29 is 19.1 Å². The van der Waals surface area contributed by atoms with Crippen LogP contribution in [0.1, 0.15) is 52.4 Å². The van der Waals surface area contributed by atoms with E-state index >= 15 is 0 Å². The van der Waals surface area contributed by atoms with Crippen LogP contribution in [-0.2, 0) is 9.47 Å². The summed E-state index contributed by atoms with van der Waals surface area (Å²) in [5, 5.41) is 5.76. The Balaban J connectivity index is 1.93. The molecule has 0 aromatic rings. The number of rotatable bonds is 8. The predicted molar refractivity (Wildman–Crippen MR) is 86.9 cm³/mol. The standard InChI is InChI=1S/C17H28N2O4/c1-3-5-9-22-15(20)18-17(12-13-7-8-14(17)11-13)19-16(21)23-10-6-4-2/h7-8,13-14H,3-6,9-12H2,1-2H3,(H,18,20)(H,19,21). The summed E-state index contributed by atoms with van der Waals surface area (Å²) >= 11 is 0. The van der Waals surface area contributed by atoms with Crippen molar-refractivity contribution in [3.8, 4) is 0 Å². The van der Waals surface area contributed by atoms with Crippen LogP contribution in [0.25, 0.3) is 0 Å². The van der Waals surface area contributed by atoms with Crippen molar-refractivity contribution in [2.24, 2.45) is 11.8 Å². The fourth-order valence-electron chi connectivity index (χ4n) is 3.23. The Hall–Kier alpha value is -1.72. The van der Waals surface area contributed by atoms with E-state index in [4.69, 9.17) is 9.47 Å². The Kier molecular flexibility index (Phi) is 6.30. The van der Waals surface area contributed by atoms with Crippen LogP contribution < -0.4 is 10.6 Å². The monoisotopic (exact) mass is 324 g/mol. The Morgan fingerprint density at radius 1 is 1.04 bits per heavy atom. The van der Waals surface area contributed by atoms with Crippen LogP contribution in [0.3, 0.4) is 0 Å². The third kappa shape index (κ3) is 4.62. The van der Waals surface area contributed by atoms with Gasteiger partial charge in [0.1, 0.15) is 5.66 Å². The lowest BCUT2D eigenvalue weighted by Crippen LogP contribution is -2.63. The number of nitrogens with one attached hydrogen (secondary N) is 2. The van der Waals surface area contributed by atoms with Gasteiger partial charge in [0.05, 0.1) is 13.2 Å². The summed E-state index contributed by atoms with van der Waals surface area (Å²) in [5.74, 6) is 0.469. The lowest BCUT2D eigenvalue weighted by Gasteiger charge is -2.36. The minimum Gasteiger partial charge on any atom is -0.450 e. The minimum absolute atomic E-state index is 0.0879. The third-order valence-corrected chi connectivity index (χ3v) is 4.50. The molecule has 6 nitrogen and oxygen atoms in total. The zero-order chi connectivity index (χ0) is 16.7. The molecule has 2 atom stereocenters. The highest BCUT2D eigenvalue weighted by molar-refractivity contribution is 5.72. The fraction of sp³-hybridized carbons (Fsp3) is 0.765. The van der Waals surface area contributed by atoms with Crippen molar-refractivity contribution in [1.29, 1.82) is 0 Å². The quantitative estimate of drug-likeness (QED) is 0.408.